The zero-order chi connectivity index (χ0) is 44.5. The van der Waals surface area contributed by atoms with Gasteiger partial charge in [-0.25, -0.2) is 8.42 Å². The van der Waals surface area contributed by atoms with Crippen LogP contribution in [0.5, 0.6) is 5.75 Å². The number of hydrogen-bond donors (Lipinski definition) is 1. The van der Waals surface area contributed by atoms with Gasteiger partial charge in [0.15, 0.2) is 5.71 Å². The van der Waals surface area contributed by atoms with E-state index in [4.69, 9.17) is 4.74 Å². The summed E-state index contributed by atoms with van der Waals surface area (Å²) in [4.78, 5) is 2.15. The summed E-state index contributed by atoms with van der Waals surface area (Å²) in [5.41, 5.74) is 8.15. The van der Waals surface area contributed by atoms with E-state index in [1.807, 2.05) is 12.2 Å². The van der Waals surface area contributed by atoms with Crippen LogP contribution in [0.15, 0.2) is 149 Å². The summed E-state index contributed by atoms with van der Waals surface area (Å²) in [6.07, 6.45) is 20.3. The molecule has 2 aliphatic heterocycles. The Bertz CT molecular complexity index is 2440. The number of rotatable bonds is 21. The molecule has 1 aliphatic carbocycles. The maximum Gasteiger partial charge on any atom is 0.209 e. The molecule has 0 fully saturated rings. The van der Waals surface area contributed by atoms with Crippen molar-refractivity contribution >= 4 is 44.3 Å². The fraction of sp³-hybridized carbons (Fsp3) is 0.380. The minimum Gasteiger partial charge on any atom is -0.744 e. The van der Waals surface area contributed by atoms with Crippen LogP contribution in [0.2, 0.25) is 0 Å². The minimum atomic E-state index is -4.63. The lowest BCUT2D eigenvalue weighted by Crippen LogP contribution is -2.27. The Kier molecular flexibility index (Phi) is 15.7. The second-order valence-corrected chi connectivity index (χ2v) is 19.1. The van der Waals surface area contributed by atoms with E-state index in [0.29, 0.717) is 23.8 Å². The number of ether oxygens (including phenoxy) is 1. The lowest BCUT2D eigenvalue weighted by atomic mass is 9.80. The largest absolute Gasteiger partial charge is 0.744 e. The van der Waals surface area contributed by atoms with Crippen LogP contribution in [0, 0.1) is 5.41 Å². The number of hydrogen-bond acceptors (Lipinski definition) is 10. The van der Waals surface area contributed by atoms with Gasteiger partial charge in [-0.2, -0.15) is 8.91 Å². The van der Waals surface area contributed by atoms with Gasteiger partial charge in [0, 0.05) is 71.9 Å². The van der Waals surface area contributed by atoms with E-state index >= 15 is 0 Å². The first kappa shape index (κ1) is 47.0. The number of aliphatic hydroxyl groups excluding tert-OH is 1. The van der Waals surface area contributed by atoms with Crippen LogP contribution in [-0.2, 0) is 24.9 Å². The molecule has 0 unspecified atom stereocenters. The predicted octanol–water partition coefficient (Wildman–Crippen LogP) is 10.0. The van der Waals surface area contributed by atoms with Gasteiger partial charge in [-0.05, 0) is 122 Å². The molecule has 330 valence electrons. The SMILES string of the molecule is C=CC1=C(C=C)C(C)(C)C(/C=C/C2=C(Oc3ccc(S(=O)(=O)[O-])cc3)C(=C/C=C3/N(CCCCCCO)c4ccc5ccccc5c4C3(C)C)/CCC2)=[N+]1CCCCSOO[O-]. The molecule has 1 N–H and O–H groups in total. The zero-order valence-corrected chi connectivity index (χ0v) is 38.0. The van der Waals surface area contributed by atoms with Crippen LogP contribution >= 0.6 is 12.0 Å². The molecule has 6 rings (SSSR count). The summed E-state index contributed by atoms with van der Waals surface area (Å²) in [6, 6.07) is 18.7. The topological polar surface area (TPSA) is 134 Å². The summed E-state index contributed by atoms with van der Waals surface area (Å²) >= 11 is 0.987. The van der Waals surface area contributed by atoms with E-state index < -0.39 is 10.1 Å². The first-order valence-electron chi connectivity index (χ1n) is 21.5. The van der Waals surface area contributed by atoms with Crippen molar-refractivity contribution in [2.45, 2.75) is 95.8 Å². The van der Waals surface area contributed by atoms with Crippen molar-refractivity contribution in [1.82, 2.24) is 0 Å². The molecule has 0 atom stereocenters. The van der Waals surface area contributed by atoms with Gasteiger partial charge < -0.3 is 24.6 Å². The van der Waals surface area contributed by atoms with Crippen LogP contribution in [0.1, 0.15) is 91.0 Å². The van der Waals surface area contributed by atoms with Crippen molar-refractivity contribution < 1.29 is 42.0 Å². The molecule has 0 bridgehead atoms. The molecule has 10 nitrogen and oxygen atoms in total. The first-order chi connectivity index (χ1) is 29.8. The van der Waals surface area contributed by atoms with Crippen LogP contribution in [0.4, 0.5) is 5.69 Å². The van der Waals surface area contributed by atoms with Crippen molar-refractivity contribution in [1.29, 1.82) is 0 Å². The lowest BCUT2D eigenvalue weighted by Gasteiger charge is -2.28. The van der Waals surface area contributed by atoms with Crippen molar-refractivity contribution in [3.05, 3.63) is 150 Å². The Morgan fingerprint density at radius 1 is 0.887 bits per heavy atom. The van der Waals surface area contributed by atoms with E-state index in [9.17, 15) is 23.3 Å². The van der Waals surface area contributed by atoms with Gasteiger partial charge in [-0.15, -0.1) is 0 Å². The van der Waals surface area contributed by atoms with Crippen molar-refractivity contribution in [3.63, 3.8) is 0 Å². The molecule has 0 amide bonds. The third kappa shape index (κ3) is 10.3. The van der Waals surface area contributed by atoms with E-state index in [1.165, 1.54) is 52.0 Å². The van der Waals surface area contributed by atoms with Gasteiger partial charge >= 0.3 is 0 Å². The lowest BCUT2D eigenvalue weighted by molar-refractivity contribution is -0.777. The van der Waals surface area contributed by atoms with Crippen molar-refractivity contribution in [2.24, 2.45) is 5.41 Å². The molecule has 3 aromatic carbocycles. The van der Waals surface area contributed by atoms with Gasteiger partial charge in [-0.3, -0.25) is 5.04 Å². The summed E-state index contributed by atoms with van der Waals surface area (Å²) in [7, 11) is -4.63. The molecule has 2 heterocycles. The van der Waals surface area contributed by atoms with Gasteiger partial charge in [0.2, 0.25) is 5.70 Å². The Morgan fingerprint density at radius 3 is 2.35 bits per heavy atom. The fourth-order valence-corrected chi connectivity index (χ4v) is 10.1. The molecule has 3 aromatic rings. The quantitative estimate of drug-likeness (QED) is 0.0275. The molecular formula is C50H59N2O8S2-. The van der Waals surface area contributed by atoms with Crippen LogP contribution in [-0.4, -0.2) is 53.8 Å². The summed E-state index contributed by atoms with van der Waals surface area (Å²) < 4.78 is 48.9. The molecule has 0 spiro atoms. The average molecular weight is 880 g/mol. The third-order valence-electron chi connectivity index (χ3n) is 12.2. The Hall–Kier alpha value is -4.53. The molecule has 12 heteroatoms. The van der Waals surface area contributed by atoms with E-state index in [2.05, 4.69) is 120 Å². The highest BCUT2D eigenvalue weighted by molar-refractivity contribution is 7.94. The van der Waals surface area contributed by atoms with E-state index in [0.717, 1.165) is 105 Å². The van der Waals surface area contributed by atoms with Gasteiger partial charge in [0.1, 0.15) is 28.2 Å². The number of benzene rings is 3. The highest BCUT2D eigenvalue weighted by atomic mass is 32.2. The average Bonchev–Trinajstić information content (AvgIpc) is 3.60. The third-order valence-corrected chi connectivity index (χ3v) is 13.7. The standard InChI is InChI=1S/C50H60N2O8S2/c1-7-42-43(8-2)51(33-14-16-35-61-60-59-54)45(49(42,3)4)30-23-37-19-17-20-38(48(37)58-39-25-27-40(28-26-39)62(55,56)57)24-31-46-50(5,6)47-41-21-12-11-18-36(41)22-29-44(47)52(46)32-13-9-10-15-34-53/h7-8,11-12,18,21-31,53H,1-2,9-10,13-17,19-20,32-35H2,3-6H3,(H-,54,55,56,57)/p-1. The first-order valence-corrected chi connectivity index (χ1v) is 23.8. The van der Waals surface area contributed by atoms with E-state index in [-0.39, 0.29) is 22.3 Å². The molecule has 0 saturated heterocycles. The number of nitrogens with zero attached hydrogens (tertiary/aromatic N) is 2. The predicted molar refractivity (Wildman–Crippen MR) is 246 cm³/mol. The maximum absolute atomic E-state index is 11.8. The zero-order valence-electron chi connectivity index (χ0n) is 36.4. The summed E-state index contributed by atoms with van der Waals surface area (Å²) in [5.74, 6) is 1.72. The second-order valence-electron chi connectivity index (χ2n) is 16.9. The fourth-order valence-electron chi connectivity index (χ4n) is 9.19. The maximum atomic E-state index is 11.8. The Labute approximate surface area is 371 Å². The van der Waals surface area contributed by atoms with Gasteiger partial charge in [0.25, 0.3) is 0 Å². The van der Waals surface area contributed by atoms with Crippen LogP contribution in [0.3, 0.4) is 0 Å². The Balaban J connectivity index is 1.44. The van der Waals surface area contributed by atoms with E-state index in [1.54, 1.807) is 0 Å². The molecule has 0 radical (unpaired) electrons. The monoisotopic (exact) mass is 879 g/mol. The summed E-state index contributed by atoms with van der Waals surface area (Å²) in [6.45, 7) is 19.0. The number of aliphatic hydroxyl groups is 1. The molecular weight excluding hydrogens is 821 g/mol. The van der Waals surface area contributed by atoms with Crippen molar-refractivity contribution in [2.75, 3.05) is 30.3 Å². The second kappa shape index (κ2) is 20.8. The number of unbranched alkanes of at least 4 members (excludes halogenated alkanes) is 4. The van der Waals surface area contributed by atoms with Crippen LogP contribution < -0.4 is 14.9 Å². The number of anilines is 1. The van der Waals surface area contributed by atoms with Crippen LogP contribution in [0.25, 0.3) is 10.8 Å². The Morgan fingerprint density at radius 2 is 1.65 bits per heavy atom. The molecule has 0 saturated carbocycles. The molecule has 3 aliphatic rings. The molecule has 62 heavy (non-hydrogen) atoms. The highest BCUT2D eigenvalue weighted by Crippen LogP contribution is 2.51. The highest BCUT2D eigenvalue weighted by Gasteiger charge is 2.44. The van der Waals surface area contributed by atoms with Crippen molar-refractivity contribution in [3.8, 4) is 5.75 Å². The van der Waals surface area contributed by atoms with Gasteiger partial charge in [0.05, 0.1) is 10.3 Å². The van der Waals surface area contributed by atoms with Gasteiger partial charge in [-0.1, -0.05) is 82.3 Å². The smallest absolute Gasteiger partial charge is 0.209 e. The minimum absolute atomic E-state index is 0.205. The molecule has 0 aromatic heterocycles. The normalized spacial score (nSPS) is 18.9. The summed E-state index contributed by atoms with van der Waals surface area (Å²) in [5, 5.41) is 25.6. The number of fused-ring (bicyclic) bond motifs is 3. The number of allylic oxidation sites excluding steroid dienone is 10.